The fourth-order valence-corrected chi connectivity index (χ4v) is 0.524. The number of aliphatic hydroxyl groups is 1. The van der Waals surface area contributed by atoms with Crippen molar-refractivity contribution >= 4 is 0 Å². The number of hydrogen-bond acceptors (Lipinski definition) is 2. The summed E-state index contributed by atoms with van der Waals surface area (Å²) in [5.41, 5.74) is 3.16. The average Bonchev–Trinajstić information content (AvgIpc) is 1.81. The Morgan fingerprint density at radius 1 is 1.36 bits per heavy atom. The third-order valence-electron chi connectivity index (χ3n) is 1.27. The molecule has 0 saturated carbocycles. The van der Waals surface area contributed by atoms with E-state index in [0.717, 1.165) is 6.42 Å². The highest BCUT2D eigenvalue weighted by Gasteiger charge is 2.08. The fourth-order valence-electron chi connectivity index (χ4n) is 0.524. The molecule has 0 aromatic heterocycles. The van der Waals surface area contributed by atoms with Crippen LogP contribution >= 0.6 is 0 Å². The number of hydrogen-bond donors (Lipinski definition) is 2. The van der Waals surface area contributed by atoms with E-state index >= 15 is 0 Å². The largest absolute Gasteiger partial charge is 0.412 e. The molecule has 0 spiro atoms. The standard InChI is InChI=1S/C7H19N2O.H2O/c1-5-7(10)6-8-9(2,3)4;/h7-8,10H,5-6H2,1-4H3;1H2/q+1;. The summed E-state index contributed by atoms with van der Waals surface area (Å²) in [4.78, 5) is 0. The van der Waals surface area contributed by atoms with Gasteiger partial charge in [-0.25, -0.2) is 0 Å². The number of nitrogens with one attached hydrogen (secondary N) is 1. The lowest BCUT2D eigenvalue weighted by Gasteiger charge is -2.25. The molecule has 11 heavy (non-hydrogen) atoms. The topological polar surface area (TPSA) is 63.8 Å². The number of rotatable bonds is 4. The third-order valence-corrected chi connectivity index (χ3v) is 1.27. The number of nitrogens with zero attached hydrogens (tertiary/aromatic N) is 1. The van der Waals surface area contributed by atoms with Gasteiger partial charge in [0.1, 0.15) is 0 Å². The van der Waals surface area contributed by atoms with Gasteiger partial charge in [0.2, 0.25) is 0 Å². The van der Waals surface area contributed by atoms with Crippen LogP contribution in [-0.4, -0.2) is 49.0 Å². The van der Waals surface area contributed by atoms with Crippen molar-refractivity contribution in [2.45, 2.75) is 19.4 Å². The van der Waals surface area contributed by atoms with Gasteiger partial charge < -0.3 is 10.6 Å². The highest BCUT2D eigenvalue weighted by Crippen LogP contribution is 1.88. The van der Waals surface area contributed by atoms with Gasteiger partial charge in [0.05, 0.1) is 33.8 Å². The molecule has 4 nitrogen and oxygen atoms in total. The van der Waals surface area contributed by atoms with Gasteiger partial charge in [-0.1, -0.05) is 6.92 Å². The number of quaternary nitrogens is 1. The van der Waals surface area contributed by atoms with Gasteiger partial charge in [0.15, 0.2) is 0 Å². The average molecular weight is 165 g/mol. The maximum Gasteiger partial charge on any atom is 0.0853 e. The summed E-state index contributed by atoms with van der Waals surface area (Å²) in [6.07, 6.45) is 0.602. The smallest absolute Gasteiger partial charge is 0.0853 e. The lowest BCUT2D eigenvalue weighted by Crippen LogP contribution is -2.50. The first kappa shape index (κ1) is 13.4. The van der Waals surface area contributed by atoms with Crippen LogP contribution in [0.5, 0.6) is 0 Å². The normalized spacial score (nSPS) is 13.9. The van der Waals surface area contributed by atoms with E-state index in [0.29, 0.717) is 11.1 Å². The molecule has 0 aliphatic carbocycles. The molecular weight excluding hydrogens is 144 g/mol. The molecule has 1 unspecified atom stereocenters. The van der Waals surface area contributed by atoms with Crippen LogP contribution in [0.25, 0.3) is 0 Å². The van der Waals surface area contributed by atoms with E-state index in [-0.39, 0.29) is 11.6 Å². The van der Waals surface area contributed by atoms with Gasteiger partial charge >= 0.3 is 0 Å². The molecule has 0 saturated heterocycles. The van der Waals surface area contributed by atoms with E-state index in [1.807, 2.05) is 28.1 Å². The Bertz CT molecular complexity index is 90.9. The molecular formula is C7H21N2O2+. The molecule has 4 heteroatoms. The molecule has 0 fully saturated rings. The quantitative estimate of drug-likeness (QED) is 0.421. The summed E-state index contributed by atoms with van der Waals surface area (Å²) in [5.74, 6) is 0. The monoisotopic (exact) mass is 165 g/mol. The first-order valence-corrected chi connectivity index (χ1v) is 3.70. The second-order valence-electron chi connectivity index (χ2n) is 3.44. The van der Waals surface area contributed by atoms with Gasteiger partial charge in [0.25, 0.3) is 0 Å². The lowest BCUT2D eigenvalue weighted by molar-refractivity contribution is -0.915. The van der Waals surface area contributed by atoms with Crippen molar-refractivity contribution in [3.8, 4) is 0 Å². The van der Waals surface area contributed by atoms with E-state index in [2.05, 4.69) is 5.43 Å². The molecule has 0 radical (unpaired) electrons. The summed E-state index contributed by atoms with van der Waals surface area (Å²) >= 11 is 0. The molecule has 0 rings (SSSR count). The lowest BCUT2D eigenvalue weighted by atomic mass is 10.3. The fraction of sp³-hybridized carbons (Fsp3) is 1.00. The molecule has 0 aliphatic rings. The SMILES string of the molecule is CCC(O)CN[N+](C)(C)C.O. The van der Waals surface area contributed by atoms with E-state index < -0.39 is 0 Å². The van der Waals surface area contributed by atoms with Crippen LogP contribution in [0.15, 0.2) is 0 Å². The minimum Gasteiger partial charge on any atom is -0.412 e. The molecule has 0 amide bonds. The summed E-state index contributed by atoms with van der Waals surface area (Å²) in [6.45, 7) is 2.64. The van der Waals surface area contributed by atoms with Crippen molar-refractivity contribution in [2.75, 3.05) is 27.7 Å². The summed E-state index contributed by atoms with van der Waals surface area (Å²) in [6, 6.07) is 0. The Morgan fingerprint density at radius 2 is 1.82 bits per heavy atom. The third kappa shape index (κ3) is 9.84. The molecule has 4 N–H and O–H groups in total. The van der Waals surface area contributed by atoms with Crippen LogP contribution in [-0.2, 0) is 0 Å². The van der Waals surface area contributed by atoms with Gasteiger partial charge in [-0.15, -0.1) is 0 Å². The second kappa shape index (κ2) is 5.49. The summed E-state index contributed by atoms with van der Waals surface area (Å²) in [7, 11) is 6.09. The van der Waals surface area contributed by atoms with Crippen LogP contribution in [0.4, 0.5) is 0 Å². The predicted molar refractivity (Wildman–Crippen MR) is 45.9 cm³/mol. The maximum absolute atomic E-state index is 9.15. The van der Waals surface area contributed by atoms with Crippen molar-refractivity contribution in [1.29, 1.82) is 0 Å². The molecule has 0 aromatic carbocycles. The summed E-state index contributed by atoms with van der Waals surface area (Å²) < 4.78 is 0.692. The Morgan fingerprint density at radius 3 is 2.09 bits per heavy atom. The highest BCUT2D eigenvalue weighted by molar-refractivity contribution is 4.50. The van der Waals surface area contributed by atoms with Crippen LogP contribution in [0.3, 0.4) is 0 Å². The van der Waals surface area contributed by atoms with Crippen molar-refractivity contribution in [3.05, 3.63) is 0 Å². The van der Waals surface area contributed by atoms with E-state index in [1.165, 1.54) is 0 Å². The zero-order valence-electron chi connectivity index (χ0n) is 7.89. The first-order valence-electron chi connectivity index (χ1n) is 3.70. The maximum atomic E-state index is 9.15. The van der Waals surface area contributed by atoms with Crippen molar-refractivity contribution in [1.82, 2.24) is 5.43 Å². The van der Waals surface area contributed by atoms with Crippen molar-refractivity contribution in [3.63, 3.8) is 0 Å². The van der Waals surface area contributed by atoms with Crippen molar-refractivity contribution < 1.29 is 15.2 Å². The summed E-state index contributed by atoms with van der Waals surface area (Å²) in [5, 5.41) is 9.15. The van der Waals surface area contributed by atoms with E-state index in [9.17, 15) is 0 Å². The van der Waals surface area contributed by atoms with E-state index in [4.69, 9.17) is 5.11 Å². The minimum absolute atomic E-state index is 0. The van der Waals surface area contributed by atoms with E-state index in [1.54, 1.807) is 0 Å². The Balaban J connectivity index is 0. The van der Waals surface area contributed by atoms with Gasteiger partial charge in [0, 0.05) is 0 Å². The van der Waals surface area contributed by atoms with Gasteiger partial charge in [-0.2, -0.15) is 5.43 Å². The van der Waals surface area contributed by atoms with Crippen molar-refractivity contribution in [2.24, 2.45) is 0 Å². The molecule has 1 atom stereocenters. The Labute approximate surface area is 68.7 Å². The predicted octanol–water partition coefficient (Wildman–Crippen LogP) is -0.857. The molecule has 0 bridgehead atoms. The molecule has 70 valence electrons. The highest BCUT2D eigenvalue weighted by atomic mass is 16.3. The number of aliphatic hydroxyl groups excluding tert-OH is 1. The van der Waals surface area contributed by atoms with Crippen LogP contribution in [0, 0.1) is 0 Å². The van der Waals surface area contributed by atoms with Crippen LogP contribution in [0.2, 0.25) is 0 Å². The minimum atomic E-state index is -0.211. The Hall–Kier alpha value is -0.160. The molecule has 0 aliphatic heterocycles. The Kier molecular flexibility index (Phi) is 6.70. The molecule has 0 heterocycles. The zero-order chi connectivity index (χ0) is 8.20. The van der Waals surface area contributed by atoms with Gasteiger partial charge in [-0.3, -0.25) is 4.59 Å². The zero-order valence-corrected chi connectivity index (χ0v) is 7.89. The molecule has 0 aromatic rings. The first-order chi connectivity index (χ1) is 4.45. The van der Waals surface area contributed by atoms with Crippen LogP contribution < -0.4 is 5.43 Å². The second-order valence-corrected chi connectivity index (χ2v) is 3.44. The van der Waals surface area contributed by atoms with Crippen LogP contribution in [0.1, 0.15) is 13.3 Å². The van der Waals surface area contributed by atoms with Gasteiger partial charge in [-0.05, 0) is 6.42 Å².